The van der Waals surface area contributed by atoms with Crippen LogP contribution in [0.15, 0.2) is 54.6 Å². The molecule has 0 aliphatic carbocycles. The molecule has 0 bridgehead atoms. The van der Waals surface area contributed by atoms with E-state index in [1.54, 1.807) is 0 Å². The molecule has 0 spiro atoms. The van der Waals surface area contributed by atoms with Crippen molar-refractivity contribution < 1.29 is 13.9 Å². The van der Waals surface area contributed by atoms with Crippen LogP contribution in [0.25, 0.3) is 0 Å². The standard InChI is InChI=1S/C21H25FN2O2/c22-19-8-6-17(7-9-19)16-24-13-10-18(11-14-24)21(25)23-12-15-26-20-4-2-1-3-5-20/h1-9,18H,10-16H2,(H,23,25). The monoisotopic (exact) mass is 356 g/mol. The van der Waals surface area contributed by atoms with Gasteiger partial charge in [0.2, 0.25) is 5.91 Å². The topological polar surface area (TPSA) is 41.6 Å². The molecule has 3 rings (SSSR count). The van der Waals surface area contributed by atoms with Crippen molar-refractivity contribution in [2.24, 2.45) is 5.92 Å². The quantitative estimate of drug-likeness (QED) is 0.775. The molecule has 1 amide bonds. The summed E-state index contributed by atoms with van der Waals surface area (Å²) in [6.45, 7) is 3.56. The van der Waals surface area contributed by atoms with Gasteiger partial charge in [0.15, 0.2) is 0 Å². The van der Waals surface area contributed by atoms with E-state index in [0.717, 1.165) is 43.8 Å². The van der Waals surface area contributed by atoms with Gasteiger partial charge in [-0.2, -0.15) is 0 Å². The van der Waals surface area contributed by atoms with Crippen LogP contribution in [0.1, 0.15) is 18.4 Å². The minimum absolute atomic E-state index is 0.0659. The van der Waals surface area contributed by atoms with Crippen molar-refractivity contribution >= 4 is 5.91 Å². The first-order valence-electron chi connectivity index (χ1n) is 9.13. The van der Waals surface area contributed by atoms with Crippen molar-refractivity contribution in [3.63, 3.8) is 0 Å². The Morgan fingerprint density at radius 2 is 1.77 bits per heavy atom. The molecule has 4 nitrogen and oxygen atoms in total. The summed E-state index contributed by atoms with van der Waals surface area (Å²) in [4.78, 5) is 14.6. The van der Waals surface area contributed by atoms with Crippen LogP contribution in [0.2, 0.25) is 0 Å². The van der Waals surface area contributed by atoms with Crippen LogP contribution in [0.4, 0.5) is 4.39 Å². The lowest BCUT2D eigenvalue weighted by molar-refractivity contribution is -0.126. The van der Waals surface area contributed by atoms with Gasteiger partial charge in [0.25, 0.3) is 0 Å². The van der Waals surface area contributed by atoms with Crippen LogP contribution in [0, 0.1) is 11.7 Å². The van der Waals surface area contributed by atoms with E-state index in [2.05, 4.69) is 10.2 Å². The van der Waals surface area contributed by atoms with Gasteiger partial charge in [-0.05, 0) is 55.8 Å². The molecule has 0 radical (unpaired) electrons. The number of halogens is 1. The molecule has 26 heavy (non-hydrogen) atoms. The van der Waals surface area contributed by atoms with E-state index < -0.39 is 0 Å². The maximum Gasteiger partial charge on any atom is 0.223 e. The summed E-state index contributed by atoms with van der Waals surface area (Å²) in [7, 11) is 0. The van der Waals surface area contributed by atoms with E-state index in [1.165, 1.54) is 12.1 Å². The highest BCUT2D eigenvalue weighted by molar-refractivity contribution is 5.78. The molecule has 1 saturated heterocycles. The highest BCUT2D eigenvalue weighted by atomic mass is 19.1. The average Bonchev–Trinajstić information content (AvgIpc) is 2.68. The Kier molecular flexibility index (Phi) is 6.61. The lowest BCUT2D eigenvalue weighted by atomic mass is 9.95. The molecular weight excluding hydrogens is 331 g/mol. The Balaban J connectivity index is 1.33. The number of likely N-dealkylation sites (tertiary alicyclic amines) is 1. The van der Waals surface area contributed by atoms with Crippen molar-refractivity contribution in [1.82, 2.24) is 10.2 Å². The fraction of sp³-hybridized carbons (Fsp3) is 0.381. The molecule has 0 unspecified atom stereocenters. The maximum atomic E-state index is 13.0. The number of rotatable bonds is 7. The first-order chi connectivity index (χ1) is 12.7. The zero-order valence-electron chi connectivity index (χ0n) is 14.9. The first kappa shape index (κ1) is 18.4. The highest BCUT2D eigenvalue weighted by Crippen LogP contribution is 2.19. The Labute approximate surface area is 154 Å². The van der Waals surface area contributed by atoms with E-state index in [-0.39, 0.29) is 17.6 Å². The van der Waals surface area contributed by atoms with E-state index in [4.69, 9.17) is 4.74 Å². The molecule has 1 fully saturated rings. The molecule has 0 aromatic heterocycles. The van der Waals surface area contributed by atoms with Crippen molar-refractivity contribution in [3.8, 4) is 5.75 Å². The van der Waals surface area contributed by atoms with E-state index >= 15 is 0 Å². The third kappa shape index (κ3) is 5.56. The molecule has 2 aromatic carbocycles. The number of ether oxygens (including phenoxy) is 1. The predicted octanol–water partition coefficient (Wildman–Crippen LogP) is 3.23. The average molecular weight is 356 g/mol. The lowest BCUT2D eigenvalue weighted by Gasteiger charge is -2.31. The number of nitrogens with zero attached hydrogens (tertiary/aromatic N) is 1. The minimum atomic E-state index is -0.208. The largest absolute Gasteiger partial charge is 0.492 e. The van der Waals surface area contributed by atoms with Gasteiger partial charge in [-0.1, -0.05) is 30.3 Å². The van der Waals surface area contributed by atoms with Crippen LogP contribution >= 0.6 is 0 Å². The Hall–Kier alpha value is -2.40. The summed E-state index contributed by atoms with van der Waals surface area (Å²) < 4.78 is 18.5. The molecule has 1 aliphatic heterocycles. The molecule has 1 heterocycles. The van der Waals surface area contributed by atoms with Gasteiger partial charge >= 0.3 is 0 Å². The van der Waals surface area contributed by atoms with Gasteiger partial charge in [0.1, 0.15) is 18.2 Å². The lowest BCUT2D eigenvalue weighted by Crippen LogP contribution is -2.41. The first-order valence-corrected chi connectivity index (χ1v) is 9.13. The number of nitrogens with one attached hydrogen (secondary N) is 1. The van der Waals surface area contributed by atoms with Gasteiger partial charge in [0, 0.05) is 12.5 Å². The van der Waals surface area contributed by atoms with Crippen molar-refractivity contribution in [3.05, 3.63) is 66.0 Å². The number of amides is 1. The smallest absolute Gasteiger partial charge is 0.223 e. The second-order valence-corrected chi connectivity index (χ2v) is 6.63. The van der Waals surface area contributed by atoms with Crippen LogP contribution in [-0.4, -0.2) is 37.0 Å². The second-order valence-electron chi connectivity index (χ2n) is 6.63. The van der Waals surface area contributed by atoms with E-state index in [0.29, 0.717) is 13.2 Å². The van der Waals surface area contributed by atoms with Gasteiger partial charge in [-0.3, -0.25) is 9.69 Å². The van der Waals surface area contributed by atoms with Gasteiger partial charge in [0.05, 0.1) is 6.54 Å². The van der Waals surface area contributed by atoms with Crippen LogP contribution in [0.5, 0.6) is 5.75 Å². The third-order valence-electron chi connectivity index (χ3n) is 4.69. The molecule has 0 atom stereocenters. The summed E-state index contributed by atoms with van der Waals surface area (Å²) in [5.41, 5.74) is 1.10. The van der Waals surface area contributed by atoms with Gasteiger partial charge < -0.3 is 10.1 Å². The Morgan fingerprint density at radius 3 is 2.46 bits per heavy atom. The fourth-order valence-corrected chi connectivity index (χ4v) is 3.21. The zero-order chi connectivity index (χ0) is 18.2. The number of piperidine rings is 1. The number of carbonyl (C=O) groups is 1. The number of hydrogen-bond donors (Lipinski definition) is 1. The molecular formula is C21H25FN2O2. The summed E-state index contributed by atoms with van der Waals surface area (Å²) in [5.74, 6) is 0.788. The van der Waals surface area contributed by atoms with Crippen molar-refractivity contribution in [2.75, 3.05) is 26.2 Å². The van der Waals surface area contributed by atoms with E-state index in [1.807, 2.05) is 42.5 Å². The number of hydrogen-bond acceptors (Lipinski definition) is 3. The normalized spacial score (nSPS) is 15.6. The fourth-order valence-electron chi connectivity index (χ4n) is 3.21. The van der Waals surface area contributed by atoms with Gasteiger partial charge in [-0.15, -0.1) is 0 Å². The molecule has 0 saturated carbocycles. The van der Waals surface area contributed by atoms with Gasteiger partial charge in [-0.25, -0.2) is 4.39 Å². The second kappa shape index (κ2) is 9.34. The maximum absolute atomic E-state index is 13.0. The summed E-state index contributed by atoms with van der Waals surface area (Å²) >= 11 is 0. The van der Waals surface area contributed by atoms with Crippen LogP contribution < -0.4 is 10.1 Å². The van der Waals surface area contributed by atoms with Crippen LogP contribution in [0.3, 0.4) is 0 Å². The van der Waals surface area contributed by atoms with E-state index in [9.17, 15) is 9.18 Å². The Morgan fingerprint density at radius 1 is 1.08 bits per heavy atom. The number of benzene rings is 2. The molecule has 1 N–H and O–H groups in total. The zero-order valence-corrected chi connectivity index (χ0v) is 14.9. The minimum Gasteiger partial charge on any atom is -0.492 e. The van der Waals surface area contributed by atoms with Crippen molar-refractivity contribution in [1.29, 1.82) is 0 Å². The number of carbonyl (C=O) groups excluding carboxylic acids is 1. The summed E-state index contributed by atoms with van der Waals surface area (Å²) in [6.07, 6.45) is 1.71. The summed E-state index contributed by atoms with van der Waals surface area (Å²) in [6, 6.07) is 16.2. The molecule has 1 aliphatic rings. The molecule has 2 aromatic rings. The van der Waals surface area contributed by atoms with Crippen molar-refractivity contribution in [2.45, 2.75) is 19.4 Å². The number of para-hydroxylation sites is 1. The molecule has 138 valence electrons. The summed E-state index contributed by atoms with van der Waals surface area (Å²) in [5, 5.41) is 2.97. The predicted molar refractivity (Wildman–Crippen MR) is 99.3 cm³/mol. The van der Waals surface area contributed by atoms with Crippen LogP contribution in [-0.2, 0) is 11.3 Å². The third-order valence-corrected chi connectivity index (χ3v) is 4.69. The SMILES string of the molecule is O=C(NCCOc1ccccc1)C1CCN(Cc2ccc(F)cc2)CC1. The Bertz CT molecular complexity index is 683. The molecule has 5 heteroatoms. The highest BCUT2D eigenvalue weighted by Gasteiger charge is 2.24.